The highest BCUT2D eigenvalue weighted by Crippen LogP contribution is 2.33. The Kier molecular flexibility index (Phi) is 5.86. The van der Waals surface area contributed by atoms with E-state index in [4.69, 9.17) is 5.73 Å². The number of carbonyl (C=O) groups is 1. The minimum atomic E-state index is 0.140. The normalized spacial score (nSPS) is 15.4. The topological polar surface area (TPSA) is 75.4 Å². The summed E-state index contributed by atoms with van der Waals surface area (Å²) < 4.78 is 0. The maximum Gasteiger partial charge on any atom is 0.233 e. The zero-order valence-corrected chi connectivity index (χ0v) is 18.4. The number of rotatable bonds is 5. The van der Waals surface area contributed by atoms with Gasteiger partial charge in [0.05, 0.1) is 11.1 Å². The van der Waals surface area contributed by atoms with Gasteiger partial charge < -0.3 is 10.6 Å². The standard InChI is InChI=1S/C19H23N5OS3/c1-12-13(2)28-18-16(12)17(20)21-19(22-18)27-11-15(25)24-7-5-23(6-8-24)10-14-4-3-9-26-14/h3-4,9H,5-8,10-11H2,1-2H3,(H2,20,21,22). The van der Waals surface area contributed by atoms with Gasteiger partial charge >= 0.3 is 0 Å². The van der Waals surface area contributed by atoms with E-state index >= 15 is 0 Å². The molecule has 148 valence electrons. The van der Waals surface area contributed by atoms with Crippen molar-refractivity contribution in [2.75, 3.05) is 37.7 Å². The van der Waals surface area contributed by atoms with E-state index in [9.17, 15) is 4.79 Å². The highest BCUT2D eigenvalue weighted by atomic mass is 32.2. The van der Waals surface area contributed by atoms with Gasteiger partial charge in [-0.3, -0.25) is 9.69 Å². The zero-order chi connectivity index (χ0) is 19.7. The summed E-state index contributed by atoms with van der Waals surface area (Å²) in [7, 11) is 0. The monoisotopic (exact) mass is 433 g/mol. The van der Waals surface area contributed by atoms with Crippen molar-refractivity contribution in [1.29, 1.82) is 0 Å². The Morgan fingerprint density at radius 2 is 2.04 bits per heavy atom. The summed E-state index contributed by atoms with van der Waals surface area (Å²) in [6.07, 6.45) is 0. The van der Waals surface area contributed by atoms with E-state index in [0.29, 0.717) is 16.7 Å². The predicted molar refractivity (Wildman–Crippen MR) is 118 cm³/mol. The molecule has 6 nitrogen and oxygen atoms in total. The van der Waals surface area contributed by atoms with Crippen LogP contribution < -0.4 is 5.73 Å². The van der Waals surface area contributed by atoms with E-state index in [1.54, 1.807) is 22.7 Å². The largest absolute Gasteiger partial charge is 0.383 e. The number of nitrogens with zero attached hydrogens (tertiary/aromatic N) is 4. The lowest BCUT2D eigenvalue weighted by atomic mass is 10.2. The first-order valence-electron chi connectivity index (χ1n) is 9.20. The predicted octanol–water partition coefficient (Wildman–Crippen LogP) is 3.39. The molecule has 3 aromatic rings. The fourth-order valence-electron chi connectivity index (χ4n) is 3.32. The minimum absolute atomic E-state index is 0.140. The number of aromatic nitrogens is 2. The van der Waals surface area contributed by atoms with Crippen molar-refractivity contribution in [3.63, 3.8) is 0 Å². The Balaban J connectivity index is 1.32. The summed E-state index contributed by atoms with van der Waals surface area (Å²) >= 11 is 4.78. The number of amides is 1. The van der Waals surface area contributed by atoms with E-state index in [2.05, 4.69) is 39.3 Å². The molecule has 0 bridgehead atoms. The van der Waals surface area contributed by atoms with Gasteiger partial charge in [0.25, 0.3) is 0 Å². The van der Waals surface area contributed by atoms with E-state index < -0.39 is 0 Å². The molecule has 4 rings (SSSR count). The molecule has 0 saturated carbocycles. The van der Waals surface area contributed by atoms with Crippen molar-refractivity contribution in [3.05, 3.63) is 32.8 Å². The maximum atomic E-state index is 12.6. The number of nitrogen functional groups attached to an aromatic ring is 1. The van der Waals surface area contributed by atoms with Crippen LogP contribution in [0.15, 0.2) is 22.7 Å². The van der Waals surface area contributed by atoms with Crippen LogP contribution in [0.5, 0.6) is 0 Å². The number of aryl methyl sites for hydroxylation is 2. The zero-order valence-electron chi connectivity index (χ0n) is 16.0. The first kappa shape index (κ1) is 19.6. The van der Waals surface area contributed by atoms with Gasteiger partial charge in [-0.1, -0.05) is 17.8 Å². The van der Waals surface area contributed by atoms with Crippen LogP contribution in [0.25, 0.3) is 10.2 Å². The molecule has 0 atom stereocenters. The van der Waals surface area contributed by atoms with Crippen LogP contribution in [0, 0.1) is 13.8 Å². The second kappa shape index (κ2) is 8.36. The van der Waals surface area contributed by atoms with Crippen LogP contribution in [-0.2, 0) is 11.3 Å². The average molecular weight is 434 g/mol. The number of piperazine rings is 1. The first-order valence-corrected chi connectivity index (χ1v) is 11.9. The smallest absolute Gasteiger partial charge is 0.233 e. The number of nitrogens with two attached hydrogens (primary N) is 1. The molecule has 4 heterocycles. The van der Waals surface area contributed by atoms with Crippen molar-refractivity contribution in [2.24, 2.45) is 0 Å². The molecule has 1 fully saturated rings. The van der Waals surface area contributed by atoms with Crippen LogP contribution in [0.1, 0.15) is 15.3 Å². The fourth-order valence-corrected chi connectivity index (χ4v) is 5.92. The fraction of sp³-hybridized carbons (Fsp3) is 0.421. The van der Waals surface area contributed by atoms with Crippen LogP contribution in [0.2, 0.25) is 0 Å². The number of fused-ring (bicyclic) bond motifs is 1. The van der Waals surface area contributed by atoms with Crippen LogP contribution in [0.4, 0.5) is 5.82 Å². The molecule has 1 saturated heterocycles. The maximum absolute atomic E-state index is 12.6. The first-order chi connectivity index (χ1) is 13.5. The number of thioether (sulfide) groups is 1. The van der Waals surface area contributed by atoms with Gasteiger partial charge in [-0.25, -0.2) is 9.97 Å². The molecular formula is C19H23N5OS3. The number of anilines is 1. The summed E-state index contributed by atoms with van der Waals surface area (Å²) in [6, 6.07) is 4.25. The quantitative estimate of drug-likeness (QED) is 0.491. The van der Waals surface area contributed by atoms with Crippen molar-refractivity contribution < 1.29 is 4.79 Å². The van der Waals surface area contributed by atoms with E-state index in [0.717, 1.165) is 48.5 Å². The Hall–Kier alpha value is -1.68. The van der Waals surface area contributed by atoms with Crippen LogP contribution in [0.3, 0.4) is 0 Å². The molecule has 1 amide bonds. The third-order valence-corrected chi connectivity index (χ3v) is 7.84. The minimum Gasteiger partial charge on any atom is -0.383 e. The molecule has 0 aliphatic carbocycles. The summed E-state index contributed by atoms with van der Waals surface area (Å²) in [5.74, 6) is 0.990. The van der Waals surface area contributed by atoms with Gasteiger partial charge in [-0.2, -0.15) is 0 Å². The molecule has 9 heteroatoms. The Morgan fingerprint density at radius 1 is 1.25 bits per heavy atom. The lowest BCUT2D eigenvalue weighted by Gasteiger charge is -2.34. The van der Waals surface area contributed by atoms with Gasteiger partial charge in [0, 0.05) is 42.5 Å². The molecular weight excluding hydrogens is 410 g/mol. The molecule has 0 radical (unpaired) electrons. The SMILES string of the molecule is Cc1sc2nc(SCC(=O)N3CCN(Cc4cccs4)CC3)nc(N)c2c1C. The Morgan fingerprint density at radius 3 is 2.75 bits per heavy atom. The lowest BCUT2D eigenvalue weighted by Crippen LogP contribution is -2.48. The molecule has 2 N–H and O–H groups in total. The van der Waals surface area contributed by atoms with Crippen LogP contribution >= 0.6 is 34.4 Å². The molecule has 0 spiro atoms. The second-order valence-corrected chi connectivity index (χ2v) is 10.1. The van der Waals surface area contributed by atoms with E-state index in [1.807, 2.05) is 11.8 Å². The molecule has 1 aliphatic heterocycles. The van der Waals surface area contributed by atoms with Crippen molar-refractivity contribution in [3.8, 4) is 0 Å². The van der Waals surface area contributed by atoms with E-state index in [-0.39, 0.29) is 5.91 Å². The molecule has 3 aromatic heterocycles. The average Bonchev–Trinajstić information content (AvgIpc) is 3.28. The number of hydrogen-bond donors (Lipinski definition) is 1. The van der Waals surface area contributed by atoms with E-state index in [1.165, 1.54) is 21.5 Å². The van der Waals surface area contributed by atoms with Crippen molar-refractivity contribution >= 4 is 56.4 Å². The third kappa shape index (κ3) is 4.17. The highest BCUT2D eigenvalue weighted by molar-refractivity contribution is 7.99. The summed E-state index contributed by atoms with van der Waals surface area (Å²) in [5.41, 5.74) is 7.28. The second-order valence-electron chi connectivity index (χ2n) is 6.88. The third-order valence-electron chi connectivity index (χ3n) is 5.05. The van der Waals surface area contributed by atoms with Gasteiger partial charge in [-0.15, -0.1) is 22.7 Å². The Bertz CT molecular complexity index is 977. The Labute approximate surface area is 176 Å². The van der Waals surface area contributed by atoms with Crippen molar-refractivity contribution in [2.45, 2.75) is 25.5 Å². The lowest BCUT2D eigenvalue weighted by molar-refractivity contribution is -0.130. The van der Waals surface area contributed by atoms with Gasteiger partial charge in [-0.05, 0) is 30.9 Å². The molecule has 0 aromatic carbocycles. The van der Waals surface area contributed by atoms with Crippen molar-refractivity contribution in [1.82, 2.24) is 19.8 Å². The number of hydrogen-bond acceptors (Lipinski definition) is 8. The van der Waals surface area contributed by atoms with Crippen LogP contribution in [-0.4, -0.2) is 57.6 Å². The summed E-state index contributed by atoms with van der Waals surface area (Å²) in [5, 5.41) is 3.63. The number of thiophene rings is 2. The van der Waals surface area contributed by atoms with Gasteiger partial charge in [0.1, 0.15) is 10.6 Å². The van der Waals surface area contributed by atoms with Gasteiger partial charge in [0.2, 0.25) is 5.91 Å². The molecule has 1 aliphatic rings. The molecule has 28 heavy (non-hydrogen) atoms. The highest BCUT2D eigenvalue weighted by Gasteiger charge is 2.22. The van der Waals surface area contributed by atoms with Gasteiger partial charge in [0.15, 0.2) is 5.16 Å². The molecule has 0 unspecified atom stereocenters. The number of carbonyl (C=O) groups excluding carboxylic acids is 1. The summed E-state index contributed by atoms with van der Waals surface area (Å²) in [6.45, 7) is 8.46. The summed E-state index contributed by atoms with van der Waals surface area (Å²) in [4.78, 5) is 29.4.